The molecule has 0 aliphatic carbocycles. The maximum atomic E-state index is 12.0. The lowest BCUT2D eigenvalue weighted by atomic mass is 10.1. The standard InChI is InChI=1S/C14H17N3O/c1-9-7-8-17(10(9)2)14-15-12-6-4-3-5-11(12)13(18)16-14/h3-6,9-10H,7-8H2,1-2H3,(H,15,16,18). The van der Waals surface area contributed by atoms with Gasteiger partial charge < -0.3 is 4.90 Å². The van der Waals surface area contributed by atoms with Gasteiger partial charge in [0.1, 0.15) is 0 Å². The van der Waals surface area contributed by atoms with Crippen LogP contribution in [0.2, 0.25) is 0 Å². The Morgan fingerprint density at radius 1 is 1.33 bits per heavy atom. The first-order valence-electron chi connectivity index (χ1n) is 6.42. The second-order valence-corrected chi connectivity index (χ2v) is 5.11. The number of fused-ring (bicyclic) bond motifs is 1. The normalized spacial score (nSPS) is 23.8. The summed E-state index contributed by atoms with van der Waals surface area (Å²) in [5, 5.41) is 0.654. The maximum Gasteiger partial charge on any atom is 0.260 e. The number of nitrogens with one attached hydrogen (secondary N) is 1. The third-order valence-corrected chi connectivity index (χ3v) is 4.01. The highest BCUT2D eigenvalue weighted by atomic mass is 16.1. The summed E-state index contributed by atoms with van der Waals surface area (Å²) in [6.07, 6.45) is 1.15. The minimum atomic E-state index is -0.0534. The van der Waals surface area contributed by atoms with Crippen LogP contribution in [0.1, 0.15) is 20.3 Å². The van der Waals surface area contributed by atoms with E-state index in [4.69, 9.17) is 0 Å². The van der Waals surface area contributed by atoms with Crippen LogP contribution < -0.4 is 10.5 Å². The van der Waals surface area contributed by atoms with Crippen LogP contribution in [-0.4, -0.2) is 22.6 Å². The Morgan fingerprint density at radius 2 is 2.11 bits per heavy atom. The molecule has 4 nitrogen and oxygen atoms in total. The van der Waals surface area contributed by atoms with Crippen molar-refractivity contribution in [3.63, 3.8) is 0 Å². The molecule has 2 aromatic rings. The van der Waals surface area contributed by atoms with Crippen molar-refractivity contribution >= 4 is 16.9 Å². The lowest BCUT2D eigenvalue weighted by molar-refractivity contribution is 0.542. The van der Waals surface area contributed by atoms with E-state index in [-0.39, 0.29) is 5.56 Å². The molecular weight excluding hydrogens is 226 g/mol. The summed E-state index contributed by atoms with van der Waals surface area (Å²) in [5.41, 5.74) is 0.713. The zero-order chi connectivity index (χ0) is 12.7. The van der Waals surface area contributed by atoms with Crippen LogP contribution in [0.4, 0.5) is 5.95 Å². The van der Waals surface area contributed by atoms with Crippen molar-refractivity contribution in [1.29, 1.82) is 0 Å². The third-order valence-electron chi connectivity index (χ3n) is 4.01. The molecule has 18 heavy (non-hydrogen) atoms. The Kier molecular flexibility index (Phi) is 2.58. The molecule has 0 amide bonds. The molecule has 1 fully saturated rings. The second-order valence-electron chi connectivity index (χ2n) is 5.11. The predicted octanol–water partition coefficient (Wildman–Crippen LogP) is 2.16. The monoisotopic (exact) mass is 243 g/mol. The largest absolute Gasteiger partial charge is 0.339 e. The number of hydrogen-bond acceptors (Lipinski definition) is 3. The zero-order valence-electron chi connectivity index (χ0n) is 10.7. The molecule has 1 aliphatic heterocycles. The van der Waals surface area contributed by atoms with E-state index in [1.807, 2.05) is 18.2 Å². The van der Waals surface area contributed by atoms with Gasteiger partial charge in [-0.15, -0.1) is 0 Å². The summed E-state index contributed by atoms with van der Waals surface area (Å²) in [7, 11) is 0. The van der Waals surface area contributed by atoms with Gasteiger partial charge >= 0.3 is 0 Å². The minimum absolute atomic E-state index is 0.0534. The van der Waals surface area contributed by atoms with E-state index in [9.17, 15) is 4.79 Å². The van der Waals surface area contributed by atoms with Gasteiger partial charge in [-0.05, 0) is 31.4 Å². The smallest absolute Gasteiger partial charge is 0.260 e. The lowest BCUT2D eigenvalue weighted by Crippen LogP contribution is -2.32. The Labute approximate surface area is 106 Å². The van der Waals surface area contributed by atoms with Crippen LogP contribution in [0.15, 0.2) is 29.1 Å². The topological polar surface area (TPSA) is 49.0 Å². The van der Waals surface area contributed by atoms with E-state index < -0.39 is 0 Å². The summed E-state index contributed by atoms with van der Waals surface area (Å²) in [6, 6.07) is 7.89. The maximum absolute atomic E-state index is 12.0. The molecule has 1 N–H and O–H groups in total. The van der Waals surface area contributed by atoms with Crippen molar-refractivity contribution in [2.24, 2.45) is 5.92 Å². The molecule has 0 bridgehead atoms. The minimum Gasteiger partial charge on any atom is -0.339 e. The van der Waals surface area contributed by atoms with Crippen LogP contribution in [0, 0.1) is 5.92 Å². The van der Waals surface area contributed by atoms with Crippen LogP contribution in [0.25, 0.3) is 10.9 Å². The molecule has 2 heterocycles. The molecular formula is C14H17N3O. The van der Waals surface area contributed by atoms with Crippen molar-refractivity contribution in [3.8, 4) is 0 Å². The SMILES string of the molecule is CC1CCN(c2nc3ccccc3c(=O)[nH]2)C1C. The summed E-state index contributed by atoms with van der Waals surface area (Å²) in [4.78, 5) is 21.7. The van der Waals surface area contributed by atoms with E-state index in [1.54, 1.807) is 6.07 Å². The van der Waals surface area contributed by atoms with E-state index in [2.05, 4.69) is 28.7 Å². The number of hydrogen-bond donors (Lipinski definition) is 1. The molecule has 94 valence electrons. The van der Waals surface area contributed by atoms with E-state index in [1.165, 1.54) is 0 Å². The molecule has 2 atom stereocenters. The lowest BCUT2D eigenvalue weighted by Gasteiger charge is -2.23. The number of anilines is 1. The first kappa shape index (κ1) is 11.3. The van der Waals surface area contributed by atoms with Crippen LogP contribution in [0.5, 0.6) is 0 Å². The Bertz CT molecular complexity index is 634. The van der Waals surface area contributed by atoms with Crippen molar-refractivity contribution < 1.29 is 0 Å². The number of benzene rings is 1. The Balaban J connectivity index is 2.11. The van der Waals surface area contributed by atoms with Crippen LogP contribution in [0.3, 0.4) is 0 Å². The van der Waals surface area contributed by atoms with Gasteiger partial charge in [0, 0.05) is 12.6 Å². The number of aromatic nitrogens is 2. The fourth-order valence-electron chi connectivity index (χ4n) is 2.60. The fourth-order valence-corrected chi connectivity index (χ4v) is 2.60. The van der Waals surface area contributed by atoms with E-state index in [0.717, 1.165) is 18.5 Å². The van der Waals surface area contributed by atoms with Gasteiger partial charge in [0.25, 0.3) is 5.56 Å². The molecule has 0 saturated carbocycles. The number of rotatable bonds is 1. The Hall–Kier alpha value is -1.84. The highest BCUT2D eigenvalue weighted by Crippen LogP contribution is 2.26. The second kappa shape index (κ2) is 4.12. The van der Waals surface area contributed by atoms with Gasteiger partial charge in [-0.25, -0.2) is 4.98 Å². The van der Waals surface area contributed by atoms with Gasteiger partial charge in [-0.3, -0.25) is 9.78 Å². The first-order valence-corrected chi connectivity index (χ1v) is 6.42. The molecule has 4 heteroatoms. The predicted molar refractivity (Wildman–Crippen MR) is 73.0 cm³/mol. The molecule has 1 aromatic carbocycles. The molecule has 1 saturated heterocycles. The van der Waals surface area contributed by atoms with Crippen LogP contribution >= 0.6 is 0 Å². The van der Waals surface area contributed by atoms with Gasteiger partial charge in [-0.1, -0.05) is 19.1 Å². The number of para-hydroxylation sites is 1. The average Bonchev–Trinajstić information content (AvgIpc) is 2.70. The molecule has 0 radical (unpaired) electrons. The van der Waals surface area contributed by atoms with Crippen molar-refractivity contribution in [2.75, 3.05) is 11.4 Å². The molecule has 0 spiro atoms. The highest BCUT2D eigenvalue weighted by Gasteiger charge is 2.28. The van der Waals surface area contributed by atoms with Gasteiger partial charge in [-0.2, -0.15) is 0 Å². The van der Waals surface area contributed by atoms with Crippen LogP contribution in [-0.2, 0) is 0 Å². The molecule has 1 aliphatic rings. The van der Waals surface area contributed by atoms with Gasteiger partial charge in [0.15, 0.2) is 0 Å². The van der Waals surface area contributed by atoms with Crippen molar-refractivity contribution in [1.82, 2.24) is 9.97 Å². The summed E-state index contributed by atoms with van der Waals surface area (Å²) in [5.74, 6) is 1.34. The highest BCUT2D eigenvalue weighted by molar-refractivity contribution is 5.78. The van der Waals surface area contributed by atoms with Crippen molar-refractivity contribution in [3.05, 3.63) is 34.6 Å². The number of nitrogens with zero attached hydrogens (tertiary/aromatic N) is 2. The number of aromatic amines is 1. The summed E-state index contributed by atoms with van der Waals surface area (Å²) >= 11 is 0. The van der Waals surface area contributed by atoms with Crippen molar-refractivity contribution in [2.45, 2.75) is 26.3 Å². The fraction of sp³-hybridized carbons (Fsp3) is 0.429. The van der Waals surface area contributed by atoms with Gasteiger partial charge in [0.2, 0.25) is 5.95 Å². The number of H-pyrrole nitrogens is 1. The summed E-state index contributed by atoms with van der Waals surface area (Å²) in [6.45, 7) is 5.39. The first-order chi connectivity index (χ1) is 8.66. The zero-order valence-corrected chi connectivity index (χ0v) is 10.7. The summed E-state index contributed by atoms with van der Waals surface area (Å²) < 4.78 is 0. The van der Waals surface area contributed by atoms with E-state index >= 15 is 0 Å². The quantitative estimate of drug-likeness (QED) is 0.835. The molecule has 3 rings (SSSR count). The third kappa shape index (κ3) is 1.68. The molecule has 2 unspecified atom stereocenters. The van der Waals surface area contributed by atoms with E-state index in [0.29, 0.717) is 23.3 Å². The average molecular weight is 243 g/mol. The Morgan fingerprint density at radius 3 is 2.83 bits per heavy atom. The van der Waals surface area contributed by atoms with Gasteiger partial charge in [0.05, 0.1) is 10.9 Å². The molecule has 1 aromatic heterocycles.